The van der Waals surface area contributed by atoms with E-state index in [-0.39, 0.29) is 18.1 Å². The molecular weight excluding hydrogens is 466 g/mol. The molecule has 2 fully saturated rings. The molecule has 1 atom stereocenters. The van der Waals surface area contributed by atoms with E-state index in [1.54, 1.807) is 26.0 Å². The van der Waals surface area contributed by atoms with Gasteiger partial charge in [0.05, 0.1) is 30.2 Å². The molecule has 1 saturated carbocycles. The van der Waals surface area contributed by atoms with Gasteiger partial charge in [-0.2, -0.15) is 0 Å². The summed E-state index contributed by atoms with van der Waals surface area (Å²) < 4.78 is 31.2. The Bertz CT molecular complexity index is 1180. The van der Waals surface area contributed by atoms with Crippen molar-refractivity contribution in [3.8, 4) is 11.4 Å². The predicted molar refractivity (Wildman–Crippen MR) is 137 cm³/mol. The number of morpholine rings is 1. The predicted octanol–water partition coefficient (Wildman–Crippen LogP) is 3.71. The van der Waals surface area contributed by atoms with Crippen molar-refractivity contribution >= 4 is 27.4 Å². The molecule has 2 N–H and O–H groups in total. The second-order valence-corrected chi connectivity index (χ2v) is 12.8. The lowest BCUT2D eigenvalue weighted by molar-refractivity contribution is 0.0985. The molecule has 2 aromatic rings. The Morgan fingerprint density at radius 2 is 1.83 bits per heavy atom. The first-order valence-corrected chi connectivity index (χ1v) is 13.7. The number of carbonyl (C=O) groups excluding carboxylic acids is 1. The van der Waals surface area contributed by atoms with E-state index < -0.39 is 19.8 Å². The summed E-state index contributed by atoms with van der Waals surface area (Å²) in [5.74, 6) is 1.18. The van der Waals surface area contributed by atoms with Gasteiger partial charge in [0, 0.05) is 29.9 Å². The van der Waals surface area contributed by atoms with Crippen molar-refractivity contribution in [1.29, 1.82) is 0 Å². The minimum Gasteiger partial charge on any atom is -0.377 e. The summed E-state index contributed by atoms with van der Waals surface area (Å²) in [5, 5.41) is 5.11. The van der Waals surface area contributed by atoms with Crippen LogP contribution in [0.2, 0.25) is 0 Å². The summed E-state index contributed by atoms with van der Waals surface area (Å²) in [6.45, 7) is 11.2. The lowest BCUT2D eigenvalue weighted by atomic mass is 10.1. The van der Waals surface area contributed by atoms with Crippen molar-refractivity contribution in [2.45, 2.75) is 69.5 Å². The minimum absolute atomic E-state index is 0.0308. The normalized spacial score (nSPS) is 19.6. The number of nitrogens with zero attached hydrogens (tertiary/aromatic N) is 3. The van der Waals surface area contributed by atoms with Gasteiger partial charge in [-0.25, -0.2) is 23.2 Å². The Hall–Kier alpha value is -2.72. The van der Waals surface area contributed by atoms with Crippen LogP contribution >= 0.6 is 0 Å². The quantitative estimate of drug-likeness (QED) is 0.594. The number of ether oxygens (including phenoxy) is 1. The number of aromatic nitrogens is 2. The van der Waals surface area contributed by atoms with E-state index in [0.717, 1.165) is 5.56 Å². The van der Waals surface area contributed by atoms with E-state index in [4.69, 9.17) is 14.7 Å². The number of sulfone groups is 1. The number of rotatable bonds is 7. The molecular formula is C25H35N5O4S. The van der Waals surface area contributed by atoms with Crippen LogP contribution in [0.5, 0.6) is 0 Å². The third-order valence-corrected chi connectivity index (χ3v) is 9.48. The zero-order valence-electron chi connectivity index (χ0n) is 21.0. The first-order chi connectivity index (χ1) is 16.5. The molecule has 2 aliphatic rings. The summed E-state index contributed by atoms with van der Waals surface area (Å²) in [7, 11) is -3.40. The number of carbonyl (C=O) groups is 1. The fourth-order valence-electron chi connectivity index (χ4n) is 4.39. The number of urea groups is 1. The van der Waals surface area contributed by atoms with Crippen molar-refractivity contribution in [3.05, 3.63) is 36.0 Å². The first kappa shape index (κ1) is 25.4. The Morgan fingerprint density at radius 3 is 2.40 bits per heavy atom. The van der Waals surface area contributed by atoms with Gasteiger partial charge in [0.25, 0.3) is 0 Å². The van der Waals surface area contributed by atoms with Gasteiger partial charge in [0.1, 0.15) is 10.6 Å². The highest BCUT2D eigenvalue weighted by atomic mass is 32.2. The van der Waals surface area contributed by atoms with Crippen LogP contribution in [0, 0.1) is 0 Å². The molecule has 0 unspecified atom stereocenters. The van der Waals surface area contributed by atoms with Gasteiger partial charge in [-0.15, -0.1) is 0 Å². The van der Waals surface area contributed by atoms with Gasteiger partial charge >= 0.3 is 6.03 Å². The van der Waals surface area contributed by atoms with E-state index in [9.17, 15) is 13.2 Å². The molecule has 0 radical (unpaired) electrons. The van der Waals surface area contributed by atoms with Crippen LogP contribution in [0.15, 0.2) is 30.3 Å². The Labute approximate surface area is 207 Å². The maximum atomic E-state index is 13.3. The minimum atomic E-state index is -3.40. The van der Waals surface area contributed by atoms with Crippen molar-refractivity contribution in [3.63, 3.8) is 0 Å². The summed E-state index contributed by atoms with van der Waals surface area (Å²) in [6.07, 6.45) is 1.13. The molecule has 1 aliphatic heterocycles. The van der Waals surface area contributed by atoms with E-state index in [0.29, 0.717) is 55.6 Å². The molecule has 2 heterocycles. The molecule has 10 heteroatoms. The van der Waals surface area contributed by atoms with E-state index >= 15 is 0 Å². The fourth-order valence-corrected chi connectivity index (χ4v) is 6.36. The first-order valence-electron chi connectivity index (χ1n) is 12.2. The highest BCUT2D eigenvalue weighted by Crippen LogP contribution is 2.54. The third kappa shape index (κ3) is 5.13. The number of hydrogen-bond donors (Lipinski definition) is 2. The monoisotopic (exact) mass is 501 g/mol. The number of nitrogens with one attached hydrogen (secondary N) is 2. The van der Waals surface area contributed by atoms with Gasteiger partial charge in [-0.3, -0.25) is 0 Å². The molecule has 190 valence electrons. The second kappa shape index (κ2) is 9.73. The maximum Gasteiger partial charge on any atom is 0.319 e. The molecule has 2 amide bonds. The van der Waals surface area contributed by atoms with Crippen LogP contribution in [0.3, 0.4) is 0 Å². The van der Waals surface area contributed by atoms with Crippen molar-refractivity contribution in [2.75, 3.05) is 30.0 Å². The van der Waals surface area contributed by atoms with Crippen LogP contribution in [0.4, 0.5) is 16.3 Å². The topological polar surface area (TPSA) is 114 Å². The summed E-state index contributed by atoms with van der Waals surface area (Å²) in [4.78, 5) is 23.8. The molecule has 0 bridgehead atoms. The summed E-state index contributed by atoms with van der Waals surface area (Å²) in [6, 6.07) is 8.99. The SMILES string of the molecule is CC(C)NC(=O)Nc1ccc(-c2nc(N3CCOC[C@@H]3C)cc(C3(S(=O)(=O)C(C)C)CC3)n2)cc1. The lowest BCUT2D eigenvalue weighted by Crippen LogP contribution is -2.44. The largest absolute Gasteiger partial charge is 0.377 e. The lowest BCUT2D eigenvalue weighted by Gasteiger charge is -2.35. The summed E-state index contributed by atoms with van der Waals surface area (Å²) >= 11 is 0. The molecule has 1 aliphatic carbocycles. The van der Waals surface area contributed by atoms with Crippen LogP contribution in [0.1, 0.15) is 53.2 Å². The van der Waals surface area contributed by atoms with Crippen molar-refractivity contribution in [1.82, 2.24) is 15.3 Å². The van der Waals surface area contributed by atoms with Crippen LogP contribution in [-0.2, 0) is 19.3 Å². The molecule has 4 rings (SSSR count). The van der Waals surface area contributed by atoms with Crippen LogP contribution in [0.25, 0.3) is 11.4 Å². The van der Waals surface area contributed by atoms with E-state index in [1.165, 1.54) is 0 Å². The maximum absolute atomic E-state index is 13.3. The van der Waals surface area contributed by atoms with Crippen LogP contribution in [-0.4, -0.2) is 61.5 Å². The highest BCUT2D eigenvalue weighted by molar-refractivity contribution is 7.93. The van der Waals surface area contributed by atoms with Crippen molar-refractivity contribution in [2.24, 2.45) is 0 Å². The molecule has 1 aromatic heterocycles. The number of hydrogen-bond acceptors (Lipinski definition) is 7. The molecule has 0 spiro atoms. The van der Waals surface area contributed by atoms with Gasteiger partial charge in [-0.05, 0) is 71.7 Å². The highest BCUT2D eigenvalue weighted by Gasteiger charge is 2.58. The Morgan fingerprint density at radius 1 is 1.14 bits per heavy atom. The Balaban J connectivity index is 1.72. The zero-order chi connectivity index (χ0) is 25.4. The van der Waals surface area contributed by atoms with Gasteiger partial charge < -0.3 is 20.3 Å². The van der Waals surface area contributed by atoms with E-state index in [1.807, 2.05) is 32.0 Å². The molecule has 1 aromatic carbocycles. The number of amides is 2. The fraction of sp³-hybridized carbons (Fsp3) is 0.560. The van der Waals surface area contributed by atoms with Crippen molar-refractivity contribution < 1.29 is 17.9 Å². The second-order valence-electron chi connectivity index (χ2n) is 9.97. The average molecular weight is 502 g/mol. The zero-order valence-corrected chi connectivity index (χ0v) is 21.9. The molecule has 9 nitrogen and oxygen atoms in total. The van der Waals surface area contributed by atoms with Gasteiger partial charge in [0.2, 0.25) is 0 Å². The van der Waals surface area contributed by atoms with E-state index in [2.05, 4.69) is 22.5 Å². The number of anilines is 2. The third-order valence-electron chi connectivity index (χ3n) is 6.53. The van der Waals surface area contributed by atoms with Crippen LogP contribution < -0.4 is 15.5 Å². The van der Waals surface area contributed by atoms with Gasteiger partial charge in [-0.1, -0.05) is 0 Å². The average Bonchev–Trinajstić information content (AvgIpc) is 3.62. The van der Waals surface area contributed by atoms with Gasteiger partial charge in [0.15, 0.2) is 15.7 Å². The standard InChI is InChI=1S/C25H35N5O4S/c1-16(2)26-24(31)27-20-8-6-19(7-9-20)23-28-21(25(10-11-25)35(32,33)17(3)4)14-22(29-23)30-12-13-34-15-18(30)5/h6-9,14,16-18H,10-13,15H2,1-5H3,(H2,26,27,31)/t18-/m0/s1. The molecule has 35 heavy (non-hydrogen) atoms. The summed E-state index contributed by atoms with van der Waals surface area (Å²) in [5.41, 5.74) is 1.95. The molecule has 1 saturated heterocycles. The smallest absolute Gasteiger partial charge is 0.319 e. The Kier molecular flexibility index (Phi) is 7.06. The number of benzene rings is 1.